The maximum atomic E-state index is 11.2. The minimum absolute atomic E-state index is 0.127. The van der Waals surface area contributed by atoms with Crippen molar-refractivity contribution >= 4 is 40.7 Å². The van der Waals surface area contributed by atoms with Gasteiger partial charge in [0.15, 0.2) is 5.78 Å². The predicted molar refractivity (Wildman–Crippen MR) is 47.5 cm³/mol. The van der Waals surface area contributed by atoms with Crippen molar-refractivity contribution in [1.29, 1.82) is 0 Å². The number of rotatable bonds is 0. The Labute approximate surface area is 77.1 Å². The van der Waals surface area contributed by atoms with Gasteiger partial charge in [0.1, 0.15) is 0 Å². The summed E-state index contributed by atoms with van der Waals surface area (Å²) in [7, 11) is 0. The molecule has 0 aliphatic carbocycles. The van der Waals surface area contributed by atoms with Crippen LogP contribution in [0.1, 0.15) is 10.4 Å². The Balaban J connectivity index is 2.52. The van der Waals surface area contributed by atoms with Crippen molar-refractivity contribution in [3.8, 4) is 0 Å². The molecule has 0 radical (unpaired) electrons. The molecule has 2 nitrogen and oxygen atoms in total. The highest BCUT2D eigenvalue weighted by molar-refractivity contribution is 7.99. The number of halogens is 1. The molecule has 0 spiro atoms. The van der Waals surface area contributed by atoms with Crippen LogP contribution in [0.4, 0.5) is 0 Å². The van der Waals surface area contributed by atoms with Crippen LogP contribution in [0.25, 0.3) is 0 Å². The van der Waals surface area contributed by atoms with E-state index in [1.54, 1.807) is 6.07 Å². The summed E-state index contributed by atoms with van der Waals surface area (Å²) in [5, 5.41) is 0. The molecule has 1 aromatic heterocycles. The standard InChI is InChI=1S/C6H4ClNOS2/c7-5-1-3-4(9)2-8-11-6(3)10-5/h1,8H,2H2. The molecule has 0 saturated heterocycles. The number of hydrogen-bond donors (Lipinski definition) is 1. The van der Waals surface area contributed by atoms with Gasteiger partial charge in [0.25, 0.3) is 0 Å². The number of fused-ring (bicyclic) bond motifs is 1. The van der Waals surface area contributed by atoms with Gasteiger partial charge in [-0.15, -0.1) is 11.3 Å². The molecule has 1 N–H and O–H groups in total. The summed E-state index contributed by atoms with van der Waals surface area (Å²) in [5.41, 5.74) is 0.767. The van der Waals surface area contributed by atoms with Crippen molar-refractivity contribution in [2.45, 2.75) is 4.21 Å². The number of nitrogens with one attached hydrogen (secondary N) is 1. The Bertz CT molecular complexity index is 310. The first-order valence-electron chi connectivity index (χ1n) is 2.99. The summed E-state index contributed by atoms with van der Waals surface area (Å²) in [5.74, 6) is 0.127. The molecule has 2 rings (SSSR count). The Morgan fingerprint density at radius 3 is 3.18 bits per heavy atom. The fraction of sp³-hybridized carbons (Fsp3) is 0.167. The monoisotopic (exact) mass is 205 g/mol. The summed E-state index contributed by atoms with van der Waals surface area (Å²) in [6.45, 7) is 0.407. The lowest BCUT2D eigenvalue weighted by atomic mass is 10.2. The van der Waals surface area contributed by atoms with E-state index < -0.39 is 0 Å². The molecular weight excluding hydrogens is 202 g/mol. The molecule has 1 aliphatic rings. The van der Waals surface area contributed by atoms with E-state index >= 15 is 0 Å². The molecule has 1 aliphatic heterocycles. The van der Waals surface area contributed by atoms with Crippen molar-refractivity contribution in [2.24, 2.45) is 0 Å². The highest BCUT2D eigenvalue weighted by atomic mass is 35.5. The van der Waals surface area contributed by atoms with Crippen LogP contribution in [-0.2, 0) is 0 Å². The smallest absolute Gasteiger partial charge is 0.179 e. The van der Waals surface area contributed by atoms with Crippen LogP contribution in [0.15, 0.2) is 10.3 Å². The Morgan fingerprint density at radius 2 is 2.45 bits per heavy atom. The normalized spacial score (nSPS) is 16.6. The summed E-state index contributed by atoms with van der Waals surface area (Å²) in [6.07, 6.45) is 0. The van der Waals surface area contributed by atoms with Crippen molar-refractivity contribution in [3.05, 3.63) is 16.0 Å². The Morgan fingerprint density at radius 1 is 1.64 bits per heavy atom. The number of carbonyl (C=O) groups is 1. The molecule has 5 heteroatoms. The van der Waals surface area contributed by atoms with Gasteiger partial charge >= 0.3 is 0 Å². The van der Waals surface area contributed by atoms with Gasteiger partial charge in [-0.2, -0.15) is 0 Å². The number of carbonyl (C=O) groups excluding carboxylic acids is 1. The second kappa shape index (κ2) is 2.79. The second-order valence-electron chi connectivity index (χ2n) is 2.10. The van der Waals surface area contributed by atoms with Crippen LogP contribution in [0.5, 0.6) is 0 Å². The first kappa shape index (κ1) is 7.61. The van der Waals surface area contributed by atoms with Crippen LogP contribution in [0.3, 0.4) is 0 Å². The van der Waals surface area contributed by atoms with Gasteiger partial charge in [-0.1, -0.05) is 11.6 Å². The van der Waals surface area contributed by atoms with E-state index in [1.807, 2.05) is 0 Å². The summed E-state index contributed by atoms with van der Waals surface area (Å²) >= 11 is 8.66. The Kier molecular flexibility index (Phi) is 1.93. The van der Waals surface area contributed by atoms with Gasteiger partial charge in [-0.25, -0.2) is 0 Å². The highest BCUT2D eigenvalue weighted by Crippen LogP contribution is 2.35. The van der Waals surface area contributed by atoms with E-state index in [-0.39, 0.29) is 5.78 Å². The van der Waals surface area contributed by atoms with Gasteiger partial charge in [-0.05, 0) is 18.0 Å². The zero-order valence-electron chi connectivity index (χ0n) is 5.39. The first-order valence-corrected chi connectivity index (χ1v) is 5.01. The fourth-order valence-electron chi connectivity index (χ4n) is 0.878. The van der Waals surface area contributed by atoms with Crippen molar-refractivity contribution in [2.75, 3.05) is 6.54 Å². The third-order valence-corrected chi connectivity index (χ3v) is 3.62. The lowest BCUT2D eigenvalue weighted by Crippen LogP contribution is -2.21. The number of Topliss-reactive ketones (excluding diaryl/α,β-unsaturated/α-hetero) is 1. The number of thiophene rings is 1. The molecule has 0 bridgehead atoms. The topological polar surface area (TPSA) is 29.1 Å². The zero-order chi connectivity index (χ0) is 7.84. The van der Waals surface area contributed by atoms with E-state index in [2.05, 4.69) is 4.72 Å². The molecule has 0 amide bonds. The molecule has 0 fully saturated rings. The average Bonchev–Trinajstić information content (AvgIpc) is 2.31. The van der Waals surface area contributed by atoms with E-state index in [0.29, 0.717) is 10.9 Å². The van der Waals surface area contributed by atoms with E-state index in [1.165, 1.54) is 23.3 Å². The summed E-state index contributed by atoms with van der Waals surface area (Å²) < 4.78 is 4.58. The van der Waals surface area contributed by atoms with Crippen LogP contribution < -0.4 is 4.72 Å². The van der Waals surface area contributed by atoms with Gasteiger partial charge < -0.3 is 0 Å². The minimum Gasteiger partial charge on any atom is -0.293 e. The number of hydrogen-bond acceptors (Lipinski definition) is 4. The number of ketones is 1. The van der Waals surface area contributed by atoms with E-state index in [0.717, 1.165) is 9.77 Å². The molecule has 0 aromatic carbocycles. The highest BCUT2D eigenvalue weighted by Gasteiger charge is 2.19. The third-order valence-electron chi connectivity index (χ3n) is 1.37. The summed E-state index contributed by atoms with van der Waals surface area (Å²) in [4.78, 5) is 11.2. The summed E-state index contributed by atoms with van der Waals surface area (Å²) in [6, 6.07) is 1.73. The quantitative estimate of drug-likeness (QED) is 0.659. The van der Waals surface area contributed by atoms with Gasteiger partial charge in [0.2, 0.25) is 0 Å². The largest absolute Gasteiger partial charge is 0.293 e. The lowest BCUT2D eigenvalue weighted by molar-refractivity contribution is 0.0994. The third kappa shape index (κ3) is 1.31. The molecule has 1 aromatic rings. The molecule has 2 heterocycles. The van der Waals surface area contributed by atoms with Gasteiger partial charge in [0.05, 0.1) is 15.1 Å². The Hall–Kier alpha value is -0.0300. The maximum Gasteiger partial charge on any atom is 0.179 e. The van der Waals surface area contributed by atoms with Crippen LogP contribution in [0.2, 0.25) is 4.34 Å². The molecule has 58 valence electrons. The van der Waals surface area contributed by atoms with Crippen LogP contribution >= 0.6 is 34.9 Å². The van der Waals surface area contributed by atoms with Gasteiger partial charge in [0, 0.05) is 5.56 Å². The van der Waals surface area contributed by atoms with Gasteiger partial charge in [-0.3, -0.25) is 9.52 Å². The first-order chi connectivity index (χ1) is 5.27. The van der Waals surface area contributed by atoms with E-state index in [9.17, 15) is 4.79 Å². The molecule has 0 unspecified atom stereocenters. The van der Waals surface area contributed by atoms with Crippen molar-refractivity contribution in [3.63, 3.8) is 0 Å². The van der Waals surface area contributed by atoms with E-state index in [4.69, 9.17) is 11.6 Å². The zero-order valence-corrected chi connectivity index (χ0v) is 7.78. The molecule has 11 heavy (non-hydrogen) atoms. The second-order valence-corrected chi connectivity index (χ2v) is 4.94. The SMILES string of the molecule is O=C1CNSc2sc(Cl)cc21. The minimum atomic E-state index is 0.127. The molecule has 0 atom stereocenters. The van der Waals surface area contributed by atoms with Crippen LogP contribution in [-0.4, -0.2) is 12.3 Å². The maximum absolute atomic E-state index is 11.2. The van der Waals surface area contributed by atoms with Crippen molar-refractivity contribution < 1.29 is 4.79 Å². The molecule has 0 saturated carbocycles. The van der Waals surface area contributed by atoms with Crippen molar-refractivity contribution in [1.82, 2.24) is 4.72 Å². The molecular formula is C6H4ClNOS2. The average molecular weight is 206 g/mol. The lowest BCUT2D eigenvalue weighted by Gasteiger charge is -2.08. The fourth-order valence-corrected chi connectivity index (χ4v) is 3.22. The van der Waals surface area contributed by atoms with Crippen LogP contribution in [0, 0.1) is 0 Å². The predicted octanol–water partition coefficient (Wildman–Crippen LogP) is 2.19.